The van der Waals surface area contributed by atoms with E-state index in [-0.39, 0.29) is 24.0 Å². The van der Waals surface area contributed by atoms with Crippen molar-refractivity contribution in [3.05, 3.63) is 35.2 Å². The van der Waals surface area contributed by atoms with Gasteiger partial charge in [0.05, 0.1) is 11.7 Å². The highest BCUT2D eigenvalue weighted by Crippen LogP contribution is 2.32. The van der Waals surface area contributed by atoms with Gasteiger partial charge in [-0.05, 0) is 57.6 Å². The zero-order valence-corrected chi connectivity index (χ0v) is 22.7. The van der Waals surface area contributed by atoms with Gasteiger partial charge in [-0.1, -0.05) is 12.1 Å². The summed E-state index contributed by atoms with van der Waals surface area (Å²) in [6.07, 6.45) is 2.47. The zero-order valence-electron chi connectivity index (χ0n) is 22.7. The monoisotopic (exact) mass is 513 g/mol. The van der Waals surface area contributed by atoms with Gasteiger partial charge in [-0.2, -0.15) is 0 Å². The summed E-state index contributed by atoms with van der Waals surface area (Å²) >= 11 is 0. The van der Waals surface area contributed by atoms with Crippen LogP contribution in [0, 0.1) is 25.7 Å². The Kier molecular flexibility index (Phi) is 8.39. The fourth-order valence-corrected chi connectivity index (χ4v) is 4.75. The maximum atomic E-state index is 13.4. The summed E-state index contributed by atoms with van der Waals surface area (Å²) < 4.78 is 17.2. The van der Waals surface area contributed by atoms with Gasteiger partial charge < -0.3 is 29.5 Å². The first-order valence-corrected chi connectivity index (χ1v) is 13.0. The van der Waals surface area contributed by atoms with Crippen LogP contribution in [0.25, 0.3) is 0 Å². The van der Waals surface area contributed by atoms with Crippen molar-refractivity contribution in [2.75, 3.05) is 51.0 Å². The number of amides is 3. The lowest BCUT2D eigenvalue weighted by atomic mass is 10.0. The predicted octanol–water partition coefficient (Wildman–Crippen LogP) is 4.15. The van der Waals surface area contributed by atoms with E-state index in [1.165, 1.54) is 12.8 Å². The Morgan fingerprint density at radius 2 is 1.95 bits per heavy atom. The summed E-state index contributed by atoms with van der Waals surface area (Å²) in [5, 5.41) is 9.44. The van der Waals surface area contributed by atoms with Crippen LogP contribution in [0.5, 0.6) is 5.75 Å². The van der Waals surface area contributed by atoms with Gasteiger partial charge >= 0.3 is 6.03 Å². The largest absolute Gasteiger partial charge is 0.491 e. The summed E-state index contributed by atoms with van der Waals surface area (Å²) in [7, 11) is 3.49. The SMILES string of the molecule is CO[C@@H]1CN(C)C(=O)c2ccc(NC(=O)Nc3c(C)noc3C)cc2OC[C@H](C)N(CC2CC2)C[C@H]1C. The van der Waals surface area contributed by atoms with Crippen molar-refractivity contribution in [3.63, 3.8) is 0 Å². The number of benzene rings is 1. The number of ether oxygens (including phenoxy) is 2. The van der Waals surface area contributed by atoms with Crippen molar-refractivity contribution in [1.29, 1.82) is 0 Å². The molecule has 202 valence electrons. The van der Waals surface area contributed by atoms with Crippen LogP contribution in [0.3, 0.4) is 0 Å². The van der Waals surface area contributed by atoms with Gasteiger partial charge in [0.2, 0.25) is 0 Å². The minimum atomic E-state index is -0.438. The lowest BCUT2D eigenvalue weighted by Gasteiger charge is -2.36. The summed E-state index contributed by atoms with van der Waals surface area (Å²) in [5.74, 6) is 1.80. The molecule has 2 aromatic rings. The van der Waals surface area contributed by atoms with Gasteiger partial charge in [0.25, 0.3) is 5.91 Å². The lowest BCUT2D eigenvalue weighted by molar-refractivity contribution is 0.00994. The lowest BCUT2D eigenvalue weighted by Crippen LogP contribution is -2.47. The van der Waals surface area contributed by atoms with E-state index >= 15 is 0 Å². The highest BCUT2D eigenvalue weighted by molar-refractivity contribution is 6.02. The number of methoxy groups -OCH3 is 1. The minimum Gasteiger partial charge on any atom is -0.491 e. The number of anilines is 2. The van der Waals surface area contributed by atoms with Crippen molar-refractivity contribution in [2.45, 2.75) is 52.7 Å². The molecule has 0 unspecified atom stereocenters. The van der Waals surface area contributed by atoms with Gasteiger partial charge in [-0.15, -0.1) is 0 Å². The molecule has 10 nitrogen and oxygen atoms in total. The zero-order chi connectivity index (χ0) is 26.7. The fraction of sp³-hybridized carbons (Fsp3) is 0.593. The molecule has 0 bridgehead atoms. The third-order valence-electron chi connectivity index (χ3n) is 7.30. The number of nitrogens with one attached hydrogen (secondary N) is 2. The van der Waals surface area contributed by atoms with Crippen molar-refractivity contribution in [3.8, 4) is 5.75 Å². The van der Waals surface area contributed by atoms with Crippen molar-refractivity contribution >= 4 is 23.3 Å². The van der Waals surface area contributed by atoms with E-state index in [1.54, 1.807) is 51.1 Å². The highest BCUT2D eigenvalue weighted by Gasteiger charge is 2.31. The number of rotatable bonds is 5. The molecule has 37 heavy (non-hydrogen) atoms. The second-order valence-electron chi connectivity index (χ2n) is 10.5. The number of urea groups is 1. The molecular formula is C27H39N5O5. The quantitative estimate of drug-likeness (QED) is 0.618. The Bertz CT molecular complexity index is 1100. The van der Waals surface area contributed by atoms with Crippen LogP contribution in [-0.4, -0.2) is 79.4 Å². The number of likely N-dealkylation sites (N-methyl/N-ethyl adjacent to an activating group) is 1. The number of hydrogen-bond donors (Lipinski definition) is 2. The number of hydrogen-bond acceptors (Lipinski definition) is 7. The number of fused-ring (bicyclic) bond motifs is 1. The summed E-state index contributed by atoms with van der Waals surface area (Å²) in [5.41, 5.74) is 2.08. The molecule has 1 aliphatic heterocycles. The molecule has 2 aliphatic rings. The third-order valence-corrected chi connectivity index (χ3v) is 7.30. The molecule has 3 atom stereocenters. The molecule has 1 aromatic carbocycles. The fourth-order valence-electron chi connectivity index (χ4n) is 4.75. The molecule has 1 saturated carbocycles. The number of aryl methyl sites for hydroxylation is 2. The maximum absolute atomic E-state index is 13.4. The molecule has 4 rings (SSSR count). The first-order chi connectivity index (χ1) is 17.7. The Hall–Kier alpha value is -3.11. The van der Waals surface area contributed by atoms with Crippen molar-refractivity contribution < 1.29 is 23.6 Å². The Morgan fingerprint density at radius 3 is 2.59 bits per heavy atom. The third kappa shape index (κ3) is 6.61. The van der Waals surface area contributed by atoms with Crippen LogP contribution >= 0.6 is 0 Å². The van der Waals surface area contributed by atoms with Crippen LogP contribution in [0.15, 0.2) is 22.7 Å². The van der Waals surface area contributed by atoms with Crippen LogP contribution in [0.4, 0.5) is 16.2 Å². The number of nitrogens with zero attached hydrogens (tertiary/aromatic N) is 3. The van der Waals surface area contributed by atoms with E-state index < -0.39 is 6.03 Å². The Balaban J connectivity index is 1.57. The maximum Gasteiger partial charge on any atom is 0.323 e. The van der Waals surface area contributed by atoms with E-state index in [0.717, 1.165) is 19.0 Å². The van der Waals surface area contributed by atoms with Gasteiger partial charge in [0.15, 0.2) is 5.76 Å². The molecule has 0 spiro atoms. The Labute approximate surface area is 218 Å². The predicted molar refractivity (Wildman–Crippen MR) is 141 cm³/mol. The molecule has 1 aromatic heterocycles. The summed E-state index contributed by atoms with van der Waals surface area (Å²) in [6.45, 7) is 10.6. The molecule has 2 N–H and O–H groups in total. The second-order valence-corrected chi connectivity index (χ2v) is 10.5. The molecule has 1 aliphatic carbocycles. The topological polar surface area (TPSA) is 109 Å². The first kappa shape index (κ1) is 26.9. The van der Waals surface area contributed by atoms with Gasteiger partial charge in [0, 0.05) is 51.6 Å². The summed E-state index contributed by atoms with van der Waals surface area (Å²) in [4.78, 5) is 30.2. The number of carbonyl (C=O) groups is 2. The molecule has 10 heteroatoms. The number of carbonyl (C=O) groups excluding carboxylic acids is 2. The van der Waals surface area contributed by atoms with Crippen LogP contribution in [0.1, 0.15) is 48.5 Å². The highest BCUT2D eigenvalue weighted by atomic mass is 16.5. The molecule has 3 amide bonds. The Morgan fingerprint density at radius 1 is 1.19 bits per heavy atom. The second kappa shape index (κ2) is 11.5. The molecule has 1 fully saturated rings. The smallest absolute Gasteiger partial charge is 0.323 e. The average Bonchev–Trinajstić information content (AvgIpc) is 3.64. The normalized spacial score (nSPS) is 23.5. The van der Waals surface area contributed by atoms with Crippen LogP contribution in [0.2, 0.25) is 0 Å². The standard InChI is InChI=1S/C27H39N5O5/c1-16-12-32(13-20-7-8-20)17(2)15-36-23-11-21(28-27(34)29-25-18(3)30-37-19(25)4)9-10-22(23)26(33)31(5)14-24(16)35-6/h9-11,16-17,20,24H,7-8,12-15H2,1-6H3,(H2,28,29,34)/t16-,17+,24-/m1/s1. The van der Waals surface area contributed by atoms with Gasteiger partial charge in [-0.25, -0.2) is 4.79 Å². The van der Waals surface area contributed by atoms with E-state index in [1.807, 2.05) is 0 Å². The van der Waals surface area contributed by atoms with Crippen molar-refractivity contribution in [2.24, 2.45) is 11.8 Å². The molecular weight excluding hydrogens is 474 g/mol. The molecule has 0 radical (unpaired) electrons. The van der Waals surface area contributed by atoms with Crippen LogP contribution in [-0.2, 0) is 4.74 Å². The molecule has 2 heterocycles. The summed E-state index contributed by atoms with van der Waals surface area (Å²) in [6, 6.07) is 4.82. The molecule has 0 saturated heterocycles. The van der Waals surface area contributed by atoms with E-state index in [2.05, 4.69) is 34.5 Å². The van der Waals surface area contributed by atoms with Crippen LogP contribution < -0.4 is 15.4 Å². The van der Waals surface area contributed by atoms with E-state index in [9.17, 15) is 9.59 Å². The average molecular weight is 514 g/mol. The first-order valence-electron chi connectivity index (χ1n) is 13.0. The van der Waals surface area contributed by atoms with E-state index in [4.69, 9.17) is 14.0 Å². The van der Waals surface area contributed by atoms with Gasteiger partial charge in [-0.3, -0.25) is 9.69 Å². The van der Waals surface area contributed by atoms with Crippen molar-refractivity contribution in [1.82, 2.24) is 15.0 Å². The number of aromatic nitrogens is 1. The van der Waals surface area contributed by atoms with Gasteiger partial charge in [0.1, 0.15) is 23.7 Å². The van der Waals surface area contributed by atoms with E-state index in [0.29, 0.717) is 47.3 Å². The minimum absolute atomic E-state index is 0.0828.